The fourth-order valence-electron chi connectivity index (χ4n) is 1.68. The van der Waals surface area contributed by atoms with Gasteiger partial charge in [-0.15, -0.1) is 0 Å². The average molecular weight is 214 g/mol. The van der Waals surface area contributed by atoms with Crippen LogP contribution in [0.15, 0.2) is 0 Å². The number of carbonyl (C=O) groups is 2. The first kappa shape index (κ1) is 11.8. The number of nitrogens with one attached hydrogen (secondary N) is 2. The van der Waals surface area contributed by atoms with Gasteiger partial charge in [-0.1, -0.05) is 0 Å². The van der Waals surface area contributed by atoms with E-state index in [2.05, 4.69) is 10.6 Å². The molecule has 0 bridgehead atoms. The number of amides is 3. The fourth-order valence-corrected chi connectivity index (χ4v) is 1.68. The van der Waals surface area contributed by atoms with Gasteiger partial charge in [0.15, 0.2) is 0 Å². The Morgan fingerprint density at radius 3 is 2.47 bits per heavy atom. The van der Waals surface area contributed by atoms with Gasteiger partial charge in [0.25, 0.3) is 0 Å². The highest BCUT2D eigenvalue weighted by Gasteiger charge is 2.21. The Labute approximate surface area is 89.2 Å². The molecule has 0 aromatic carbocycles. The van der Waals surface area contributed by atoms with Crippen molar-refractivity contribution >= 4 is 11.9 Å². The molecular formula is C9H18N4O2. The quantitative estimate of drug-likeness (QED) is 0.555. The van der Waals surface area contributed by atoms with E-state index >= 15 is 0 Å². The number of hydrogen-bond acceptors (Lipinski definition) is 3. The lowest BCUT2D eigenvalue weighted by atomic mass is 10.1. The van der Waals surface area contributed by atoms with E-state index in [4.69, 9.17) is 5.73 Å². The molecule has 1 heterocycles. The number of rotatable bonds is 3. The summed E-state index contributed by atoms with van der Waals surface area (Å²) in [4.78, 5) is 23.7. The van der Waals surface area contributed by atoms with E-state index in [1.807, 2.05) is 0 Å². The van der Waals surface area contributed by atoms with Crippen molar-refractivity contribution in [3.63, 3.8) is 0 Å². The van der Waals surface area contributed by atoms with Crippen LogP contribution < -0.4 is 16.4 Å². The van der Waals surface area contributed by atoms with Gasteiger partial charge in [-0.3, -0.25) is 4.79 Å². The molecule has 0 aromatic heterocycles. The number of likely N-dealkylation sites (N-methyl/N-ethyl adjacent to an activating group) is 1. The van der Waals surface area contributed by atoms with Crippen molar-refractivity contribution in [3.05, 3.63) is 0 Å². The van der Waals surface area contributed by atoms with E-state index in [0.717, 1.165) is 12.8 Å². The lowest BCUT2D eigenvalue weighted by molar-refractivity contribution is -0.121. The Hall–Kier alpha value is -1.30. The van der Waals surface area contributed by atoms with Crippen LogP contribution in [0, 0.1) is 0 Å². The summed E-state index contributed by atoms with van der Waals surface area (Å²) >= 11 is 0. The molecule has 6 nitrogen and oxygen atoms in total. The highest BCUT2D eigenvalue weighted by molar-refractivity contribution is 5.78. The van der Waals surface area contributed by atoms with Crippen LogP contribution in [0.25, 0.3) is 0 Å². The van der Waals surface area contributed by atoms with Gasteiger partial charge >= 0.3 is 6.03 Å². The zero-order valence-electron chi connectivity index (χ0n) is 8.95. The Morgan fingerprint density at radius 2 is 2.00 bits per heavy atom. The molecule has 1 aliphatic heterocycles. The van der Waals surface area contributed by atoms with Gasteiger partial charge < -0.3 is 21.3 Å². The summed E-state index contributed by atoms with van der Waals surface area (Å²) < 4.78 is 0. The molecule has 0 spiro atoms. The first-order valence-electron chi connectivity index (χ1n) is 5.12. The molecule has 0 unspecified atom stereocenters. The van der Waals surface area contributed by atoms with E-state index in [-0.39, 0.29) is 18.0 Å². The molecule has 4 N–H and O–H groups in total. The van der Waals surface area contributed by atoms with Crippen molar-refractivity contribution in [2.24, 2.45) is 5.73 Å². The highest BCUT2D eigenvalue weighted by atomic mass is 16.2. The Kier molecular flexibility index (Phi) is 4.36. The maximum atomic E-state index is 11.2. The molecule has 0 radical (unpaired) electrons. The standard InChI is InChI=1S/C9H18N4O2/c1-11-6-8(14)12-7-2-4-13(5-3-7)9(10)15/h7,11H,2-6H2,1H3,(H2,10,15)(H,12,14). The number of carbonyl (C=O) groups excluding carboxylic acids is 2. The number of urea groups is 1. The number of nitrogens with two attached hydrogens (primary N) is 1. The van der Waals surface area contributed by atoms with Gasteiger partial charge in [0.2, 0.25) is 5.91 Å². The Morgan fingerprint density at radius 1 is 1.40 bits per heavy atom. The van der Waals surface area contributed by atoms with Crippen LogP contribution in [-0.2, 0) is 4.79 Å². The van der Waals surface area contributed by atoms with Gasteiger partial charge in [0.05, 0.1) is 6.54 Å². The molecule has 1 aliphatic rings. The van der Waals surface area contributed by atoms with Crippen molar-refractivity contribution in [2.45, 2.75) is 18.9 Å². The molecule has 1 rings (SSSR count). The molecular weight excluding hydrogens is 196 g/mol. The monoisotopic (exact) mass is 214 g/mol. The van der Waals surface area contributed by atoms with E-state index in [1.165, 1.54) is 0 Å². The lowest BCUT2D eigenvalue weighted by Gasteiger charge is -2.31. The summed E-state index contributed by atoms with van der Waals surface area (Å²) in [7, 11) is 1.73. The third-order valence-corrected chi connectivity index (χ3v) is 2.51. The van der Waals surface area contributed by atoms with E-state index < -0.39 is 0 Å². The molecule has 3 amide bonds. The van der Waals surface area contributed by atoms with Crippen LogP contribution in [0.4, 0.5) is 4.79 Å². The highest BCUT2D eigenvalue weighted by Crippen LogP contribution is 2.09. The molecule has 1 fully saturated rings. The molecule has 0 aliphatic carbocycles. The second-order valence-corrected chi connectivity index (χ2v) is 3.70. The summed E-state index contributed by atoms with van der Waals surface area (Å²) in [6, 6.07) is -0.212. The maximum Gasteiger partial charge on any atom is 0.314 e. The molecule has 0 aromatic rings. The molecule has 0 atom stereocenters. The van der Waals surface area contributed by atoms with Gasteiger partial charge in [-0.05, 0) is 19.9 Å². The molecule has 15 heavy (non-hydrogen) atoms. The summed E-state index contributed by atoms with van der Waals surface area (Å²) in [5.41, 5.74) is 5.15. The minimum absolute atomic E-state index is 0.00461. The second kappa shape index (κ2) is 5.55. The maximum absolute atomic E-state index is 11.2. The van der Waals surface area contributed by atoms with Crippen LogP contribution in [-0.4, -0.2) is 49.6 Å². The molecule has 6 heteroatoms. The summed E-state index contributed by atoms with van der Waals surface area (Å²) in [5, 5.41) is 5.69. The molecule has 0 saturated carbocycles. The second-order valence-electron chi connectivity index (χ2n) is 3.70. The molecule has 1 saturated heterocycles. The van der Waals surface area contributed by atoms with Crippen LogP contribution in [0.1, 0.15) is 12.8 Å². The zero-order valence-corrected chi connectivity index (χ0v) is 8.95. The number of piperidine rings is 1. The minimum atomic E-state index is -0.380. The van der Waals surface area contributed by atoms with Crippen LogP contribution in [0.5, 0.6) is 0 Å². The minimum Gasteiger partial charge on any atom is -0.352 e. The lowest BCUT2D eigenvalue weighted by Crippen LogP contribution is -2.49. The van der Waals surface area contributed by atoms with E-state index in [9.17, 15) is 9.59 Å². The van der Waals surface area contributed by atoms with Crippen molar-refractivity contribution < 1.29 is 9.59 Å². The SMILES string of the molecule is CNCC(=O)NC1CCN(C(N)=O)CC1. The Bertz CT molecular complexity index is 236. The van der Waals surface area contributed by atoms with E-state index in [0.29, 0.717) is 19.6 Å². The van der Waals surface area contributed by atoms with Gasteiger partial charge in [-0.2, -0.15) is 0 Å². The third-order valence-electron chi connectivity index (χ3n) is 2.51. The summed E-state index contributed by atoms with van der Waals surface area (Å²) in [5.74, 6) is -0.00461. The number of primary amides is 1. The number of likely N-dealkylation sites (tertiary alicyclic amines) is 1. The molecule has 86 valence electrons. The van der Waals surface area contributed by atoms with Crippen LogP contribution >= 0.6 is 0 Å². The van der Waals surface area contributed by atoms with Crippen molar-refractivity contribution in [1.29, 1.82) is 0 Å². The van der Waals surface area contributed by atoms with Crippen LogP contribution in [0.2, 0.25) is 0 Å². The van der Waals surface area contributed by atoms with Gasteiger partial charge in [0.1, 0.15) is 0 Å². The number of hydrogen-bond donors (Lipinski definition) is 3. The van der Waals surface area contributed by atoms with Gasteiger partial charge in [0, 0.05) is 19.1 Å². The average Bonchev–Trinajstić information content (AvgIpc) is 2.18. The summed E-state index contributed by atoms with van der Waals surface area (Å²) in [6.07, 6.45) is 1.55. The van der Waals surface area contributed by atoms with Crippen molar-refractivity contribution in [3.8, 4) is 0 Å². The number of nitrogens with zero attached hydrogens (tertiary/aromatic N) is 1. The summed E-state index contributed by atoms with van der Waals surface area (Å²) in [6.45, 7) is 1.58. The van der Waals surface area contributed by atoms with Crippen LogP contribution in [0.3, 0.4) is 0 Å². The van der Waals surface area contributed by atoms with Gasteiger partial charge in [-0.25, -0.2) is 4.79 Å². The fraction of sp³-hybridized carbons (Fsp3) is 0.778. The van der Waals surface area contributed by atoms with Crippen molar-refractivity contribution in [2.75, 3.05) is 26.7 Å². The third kappa shape index (κ3) is 3.75. The Balaban J connectivity index is 2.25. The largest absolute Gasteiger partial charge is 0.352 e. The normalized spacial score (nSPS) is 17.5. The predicted octanol–water partition coefficient (Wildman–Crippen LogP) is -1.13. The zero-order chi connectivity index (χ0) is 11.3. The smallest absolute Gasteiger partial charge is 0.314 e. The van der Waals surface area contributed by atoms with Crippen molar-refractivity contribution in [1.82, 2.24) is 15.5 Å². The predicted molar refractivity (Wildman–Crippen MR) is 56.2 cm³/mol. The first-order chi connectivity index (χ1) is 7.13. The first-order valence-corrected chi connectivity index (χ1v) is 5.12. The topological polar surface area (TPSA) is 87.5 Å². The van der Waals surface area contributed by atoms with E-state index in [1.54, 1.807) is 11.9 Å².